The van der Waals surface area contributed by atoms with E-state index in [2.05, 4.69) is 9.97 Å². The van der Waals surface area contributed by atoms with Crippen LogP contribution in [0.2, 0.25) is 0 Å². The third-order valence-corrected chi connectivity index (χ3v) is 0.782. The average Bonchev–Trinajstić information content (AvgIpc) is 1.90. The zero-order valence-corrected chi connectivity index (χ0v) is 9.23. The number of nitrogens with zero attached hydrogens (tertiary/aromatic N) is 2. The first-order valence-electron chi connectivity index (χ1n) is 2.30. The zero-order chi connectivity index (χ0) is 6.69. The molecule has 0 aromatic carbocycles. The van der Waals surface area contributed by atoms with Gasteiger partial charge in [-0.3, -0.25) is 4.98 Å². The van der Waals surface area contributed by atoms with E-state index in [9.17, 15) is 4.79 Å². The Morgan fingerprint density at radius 3 is 2.50 bits per heavy atom. The van der Waals surface area contributed by atoms with Crippen LogP contribution in [0.4, 0.5) is 0 Å². The Balaban J connectivity index is 0.000000810. The fraction of sp³-hybridized carbons (Fsp3) is 0. The SMILES string of the molecule is O=C(O)c1cnccn1.[Cd]. The van der Waals surface area contributed by atoms with Gasteiger partial charge < -0.3 is 5.11 Å². The molecule has 0 saturated heterocycles. The Morgan fingerprint density at radius 1 is 1.50 bits per heavy atom. The molecule has 0 atom stereocenters. The van der Waals surface area contributed by atoms with Crippen molar-refractivity contribution < 1.29 is 37.2 Å². The molecule has 0 saturated carbocycles. The van der Waals surface area contributed by atoms with Crippen LogP contribution in [-0.2, 0) is 27.3 Å². The van der Waals surface area contributed by atoms with Crippen molar-refractivity contribution in [2.45, 2.75) is 0 Å². The van der Waals surface area contributed by atoms with Gasteiger partial charge in [-0.2, -0.15) is 0 Å². The van der Waals surface area contributed by atoms with Crippen LogP contribution in [0, 0.1) is 0 Å². The largest absolute Gasteiger partial charge is 0.476 e. The third kappa shape index (κ3) is 2.38. The van der Waals surface area contributed by atoms with E-state index >= 15 is 0 Å². The van der Waals surface area contributed by atoms with Gasteiger partial charge in [0, 0.05) is 39.7 Å². The Bertz CT molecular complexity index is 214. The van der Waals surface area contributed by atoms with Crippen LogP contribution in [0.5, 0.6) is 0 Å². The van der Waals surface area contributed by atoms with Crippen LogP contribution < -0.4 is 0 Å². The molecule has 10 heavy (non-hydrogen) atoms. The standard InChI is InChI=1S/C5H4N2O2.Cd/c8-5(9)4-3-6-1-2-7-4;/h1-3H,(H,8,9);. The van der Waals surface area contributed by atoms with Crippen molar-refractivity contribution >= 4 is 5.97 Å². The molecule has 1 N–H and O–H groups in total. The van der Waals surface area contributed by atoms with Gasteiger partial charge in [-0.1, -0.05) is 0 Å². The smallest absolute Gasteiger partial charge is 0.356 e. The minimum absolute atomic E-state index is 0. The Hall–Kier alpha value is -0.528. The summed E-state index contributed by atoms with van der Waals surface area (Å²) in [6.45, 7) is 0. The summed E-state index contributed by atoms with van der Waals surface area (Å²) >= 11 is 0. The minimum atomic E-state index is -1.05. The Kier molecular flexibility index (Phi) is 4.09. The fourth-order valence-corrected chi connectivity index (χ4v) is 0.410. The van der Waals surface area contributed by atoms with Gasteiger partial charge in [-0.15, -0.1) is 0 Å². The number of hydrogen-bond acceptors (Lipinski definition) is 3. The number of hydrogen-bond donors (Lipinski definition) is 1. The minimum Gasteiger partial charge on any atom is -0.476 e. The predicted molar refractivity (Wildman–Crippen MR) is 29.0 cm³/mol. The maximum absolute atomic E-state index is 10.1. The summed E-state index contributed by atoms with van der Waals surface area (Å²) in [6.07, 6.45) is 3.96. The molecular formula is C5H4CdN2O2. The van der Waals surface area contributed by atoms with Gasteiger partial charge in [0.25, 0.3) is 0 Å². The van der Waals surface area contributed by atoms with Crippen LogP contribution in [0.25, 0.3) is 0 Å². The summed E-state index contributed by atoms with van der Waals surface area (Å²) in [4.78, 5) is 17.2. The summed E-state index contributed by atoms with van der Waals surface area (Å²) < 4.78 is 0. The summed E-state index contributed by atoms with van der Waals surface area (Å²) in [7, 11) is 0. The molecule has 5 heteroatoms. The van der Waals surface area contributed by atoms with Gasteiger partial charge in [-0.05, 0) is 0 Å². The van der Waals surface area contributed by atoms with Crippen molar-refractivity contribution in [3.05, 3.63) is 24.3 Å². The van der Waals surface area contributed by atoms with E-state index in [0.29, 0.717) is 0 Å². The summed E-state index contributed by atoms with van der Waals surface area (Å²) in [6, 6.07) is 0. The summed E-state index contributed by atoms with van der Waals surface area (Å²) in [5.74, 6) is -1.05. The monoisotopic (exact) mass is 238 g/mol. The van der Waals surface area contributed by atoms with Crippen molar-refractivity contribution in [1.29, 1.82) is 0 Å². The molecule has 0 bridgehead atoms. The van der Waals surface area contributed by atoms with E-state index < -0.39 is 5.97 Å². The molecule has 0 amide bonds. The van der Waals surface area contributed by atoms with E-state index in [1.165, 1.54) is 18.6 Å². The summed E-state index contributed by atoms with van der Waals surface area (Å²) in [5, 5.41) is 8.28. The number of rotatable bonds is 1. The molecule has 0 spiro atoms. The quantitative estimate of drug-likeness (QED) is 0.706. The van der Waals surface area contributed by atoms with Crippen LogP contribution in [-0.4, -0.2) is 21.0 Å². The van der Waals surface area contributed by atoms with Gasteiger partial charge in [0.1, 0.15) is 0 Å². The molecule has 0 unspecified atom stereocenters. The molecule has 1 aromatic rings. The molecule has 1 heterocycles. The molecule has 0 aliphatic heterocycles. The molecule has 1 rings (SSSR count). The second-order valence-electron chi connectivity index (χ2n) is 1.40. The van der Waals surface area contributed by atoms with Crippen molar-refractivity contribution in [3.8, 4) is 0 Å². The zero-order valence-electron chi connectivity index (χ0n) is 5.19. The van der Waals surface area contributed by atoms with Crippen molar-refractivity contribution in [2.75, 3.05) is 0 Å². The van der Waals surface area contributed by atoms with E-state index in [1.54, 1.807) is 0 Å². The predicted octanol–water partition coefficient (Wildman–Crippen LogP) is 0.172. The molecule has 0 aliphatic rings. The maximum atomic E-state index is 10.1. The second-order valence-corrected chi connectivity index (χ2v) is 1.40. The van der Waals surface area contributed by atoms with Crippen LogP contribution in [0.1, 0.15) is 10.5 Å². The van der Waals surface area contributed by atoms with Gasteiger partial charge in [0.05, 0.1) is 6.20 Å². The van der Waals surface area contributed by atoms with Crippen LogP contribution >= 0.6 is 0 Å². The first-order valence-corrected chi connectivity index (χ1v) is 2.30. The van der Waals surface area contributed by atoms with Crippen molar-refractivity contribution in [2.24, 2.45) is 0 Å². The van der Waals surface area contributed by atoms with Gasteiger partial charge in [0.2, 0.25) is 0 Å². The van der Waals surface area contributed by atoms with Gasteiger partial charge in [-0.25, -0.2) is 9.78 Å². The number of carbonyl (C=O) groups is 1. The normalized spacial score (nSPS) is 8.00. The number of aromatic carboxylic acids is 1. The second kappa shape index (κ2) is 4.31. The van der Waals surface area contributed by atoms with Crippen molar-refractivity contribution in [1.82, 2.24) is 9.97 Å². The maximum Gasteiger partial charge on any atom is 0.356 e. The fourth-order valence-electron chi connectivity index (χ4n) is 0.410. The van der Waals surface area contributed by atoms with Crippen molar-refractivity contribution in [3.63, 3.8) is 0 Å². The van der Waals surface area contributed by atoms with E-state index in [4.69, 9.17) is 5.11 Å². The molecule has 1 aromatic heterocycles. The van der Waals surface area contributed by atoms with Gasteiger partial charge in [0.15, 0.2) is 5.69 Å². The molecule has 0 radical (unpaired) electrons. The van der Waals surface area contributed by atoms with E-state index in [-0.39, 0.29) is 33.0 Å². The molecule has 4 nitrogen and oxygen atoms in total. The molecule has 0 fully saturated rings. The Morgan fingerprint density at radius 2 is 2.20 bits per heavy atom. The van der Waals surface area contributed by atoms with Crippen LogP contribution in [0.3, 0.4) is 0 Å². The number of carboxylic acid groups (broad SMARTS) is 1. The molecular weight excluding hydrogens is 232 g/mol. The average molecular weight is 237 g/mol. The Labute approximate surface area is 77.5 Å². The van der Waals surface area contributed by atoms with Gasteiger partial charge >= 0.3 is 5.97 Å². The molecule has 48 valence electrons. The number of aromatic nitrogens is 2. The first-order chi connectivity index (χ1) is 4.30. The molecule has 0 aliphatic carbocycles. The van der Waals surface area contributed by atoms with E-state index in [0.717, 1.165) is 0 Å². The number of carboxylic acids is 1. The van der Waals surface area contributed by atoms with E-state index in [1.807, 2.05) is 0 Å². The summed E-state index contributed by atoms with van der Waals surface area (Å²) in [5.41, 5.74) is -0.0301. The third-order valence-electron chi connectivity index (χ3n) is 0.782. The first kappa shape index (κ1) is 9.47. The van der Waals surface area contributed by atoms with Crippen LogP contribution in [0.15, 0.2) is 18.6 Å². The topological polar surface area (TPSA) is 63.1 Å².